The highest BCUT2D eigenvalue weighted by Crippen LogP contribution is 2.32. The van der Waals surface area contributed by atoms with Gasteiger partial charge in [-0.15, -0.1) is 0 Å². The Kier molecular flexibility index (Phi) is 1.73. The highest BCUT2D eigenvalue weighted by atomic mass is 32.2. The lowest BCUT2D eigenvalue weighted by Crippen LogP contribution is -1.86. The van der Waals surface area contributed by atoms with E-state index in [2.05, 4.69) is 6.58 Å². The van der Waals surface area contributed by atoms with Crippen LogP contribution >= 0.6 is 0 Å². The zero-order valence-corrected chi connectivity index (χ0v) is 7.78. The van der Waals surface area contributed by atoms with Crippen LogP contribution in [0.2, 0.25) is 0 Å². The van der Waals surface area contributed by atoms with Crippen molar-refractivity contribution in [3.05, 3.63) is 35.1 Å². The monoisotopic (exact) mass is 198 g/mol. The van der Waals surface area contributed by atoms with Crippen molar-refractivity contribution in [1.82, 2.24) is 0 Å². The molecule has 4 heteroatoms. The van der Waals surface area contributed by atoms with Gasteiger partial charge in [0.2, 0.25) is 0 Å². The van der Waals surface area contributed by atoms with Crippen molar-refractivity contribution >= 4 is 21.6 Å². The van der Waals surface area contributed by atoms with E-state index in [1.165, 1.54) is 0 Å². The lowest BCUT2D eigenvalue weighted by molar-refractivity contribution is 0.686. The molecular weight excluding hydrogens is 192 g/mol. The van der Waals surface area contributed by atoms with Gasteiger partial charge in [-0.25, -0.2) is 8.42 Å². The second-order valence-corrected chi connectivity index (χ2v) is 5.55. The molecule has 0 saturated carbocycles. The van der Waals surface area contributed by atoms with E-state index in [0.29, 0.717) is 14.0 Å². The summed E-state index contributed by atoms with van der Waals surface area (Å²) in [7, 11) is -2.53. The molecule has 0 spiro atoms. The van der Waals surface area contributed by atoms with Gasteiger partial charge in [0, 0.05) is 0 Å². The van der Waals surface area contributed by atoms with Crippen LogP contribution in [0.3, 0.4) is 0 Å². The smallest absolute Gasteiger partial charge is 0.106 e. The fourth-order valence-electron chi connectivity index (χ4n) is 1.07. The minimum absolute atomic E-state index is 0.302. The first-order valence-corrected chi connectivity index (χ1v) is 5.63. The molecule has 2 atom stereocenters. The van der Waals surface area contributed by atoms with Crippen molar-refractivity contribution in [3.8, 4) is 0 Å². The Hall–Kier alpha value is -0.740. The van der Waals surface area contributed by atoms with Crippen molar-refractivity contribution in [2.75, 3.05) is 0 Å². The minimum Gasteiger partial charge on any atom is -0.248 e. The largest absolute Gasteiger partial charge is 0.248 e. The third kappa shape index (κ3) is 0.916. The molecule has 1 aliphatic rings. The molecule has 0 aromatic heterocycles. The molecular formula is C8H6O2S2. The fourth-order valence-corrected chi connectivity index (χ4v) is 4.01. The van der Waals surface area contributed by atoms with Gasteiger partial charge < -0.3 is 0 Å². The van der Waals surface area contributed by atoms with Gasteiger partial charge in [-0.1, -0.05) is 18.7 Å². The summed E-state index contributed by atoms with van der Waals surface area (Å²) in [6.45, 7) is 3.53. The van der Waals surface area contributed by atoms with Crippen LogP contribution in [0.4, 0.5) is 0 Å². The van der Waals surface area contributed by atoms with Crippen molar-refractivity contribution in [2.24, 2.45) is 0 Å². The summed E-state index contributed by atoms with van der Waals surface area (Å²) in [6, 6.07) is 7.02. The van der Waals surface area contributed by atoms with Crippen molar-refractivity contribution in [3.63, 3.8) is 0 Å². The van der Waals surface area contributed by atoms with Crippen LogP contribution in [0, 0.1) is 0 Å². The van der Waals surface area contributed by atoms with E-state index in [0.717, 1.165) is 0 Å². The Bertz CT molecular complexity index is 372. The zero-order chi connectivity index (χ0) is 8.72. The predicted molar refractivity (Wildman–Crippen MR) is 48.4 cm³/mol. The molecule has 0 amide bonds. The molecule has 12 heavy (non-hydrogen) atoms. The number of hydrogen-bond donors (Lipinski definition) is 0. The molecule has 2 nitrogen and oxygen atoms in total. The van der Waals surface area contributed by atoms with Crippen LogP contribution in [0.5, 0.6) is 0 Å². The van der Waals surface area contributed by atoms with E-state index < -0.39 is 21.6 Å². The topological polar surface area (TPSA) is 34.1 Å². The van der Waals surface area contributed by atoms with Gasteiger partial charge in [-0.2, -0.15) is 0 Å². The van der Waals surface area contributed by atoms with Crippen LogP contribution in [-0.4, -0.2) is 8.42 Å². The molecule has 0 N–H and O–H groups in total. The van der Waals surface area contributed by atoms with E-state index in [4.69, 9.17) is 0 Å². The standard InChI is InChI=1S/C8H6O2S2/c1-6-11(9)7-4-2-3-5-8(7)12(6)10/h2-5H,1H2/t11-,12-/m0/s1. The quantitative estimate of drug-likeness (QED) is 0.631. The fraction of sp³-hybridized carbons (Fsp3) is 0. The molecule has 0 aliphatic carbocycles. The number of rotatable bonds is 0. The van der Waals surface area contributed by atoms with Gasteiger partial charge in [-0.05, 0) is 12.1 Å². The van der Waals surface area contributed by atoms with Gasteiger partial charge >= 0.3 is 0 Å². The summed E-state index contributed by atoms with van der Waals surface area (Å²) in [5, 5.41) is 0. The predicted octanol–water partition coefficient (Wildman–Crippen LogP) is 1.39. The Balaban J connectivity index is 2.76. The van der Waals surface area contributed by atoms with Gasteiger partial charge in [0.15, 0.2) is 0 Å². The van der Waals surface area contributed by atoms with E-state index in [1.807, 2.05) is 0 Å². The van der Waals surface area contributed by atoms with E-state index >= 15 is 0 Å². The summed E-state index contributed by atoms with van der Waals surface area (Å²) in [5.41, 5.74) is 0. The third-order valence-electron chi connectivity index (χ3n) is 1.66. The maximum absolute atomic E-state index is 11.4. The average molecular weight is 198 g/mol. The van der Waals surface area contributed by atoms with Gasteiger partial charge in [0.25, 0.3) is 0 Å². The summed E-state index contributed by atoms with van der Waals surface area (Å²) >= 11 is 0. The molecule has 1 aliphatic heterocycles. The third-order valence-corrected chi connectivity index (χ3v) is 5.04. The van der Waals surface area contributed by atoms with Gasteiger partial charge in [-0.3, -0.25) is 0 Å². The molecule has 0 bridgehead atoms. The number of fused-ring (bicyclic) bond motifs is 1. The van der Waals surface area contributed by atoms with Gasteiger partial charge in [0.05, 0.1) is 31.4 Å². The van der Waals surface area contributed by atoms with Crippen LogP contribution < -0.4 is 0 Å². The second kappa shape index (κ2) is 2.64. The van der Waals surface area contributed by atoms with E-state index in [-0.39, 0.29) is 0 Å². The second-order valence-electron chi connectivity index (χ2n) is 2.36. The average Bonchev–Trinajstić information content (AvgIpc) is 2.33. The molecule has 2 rings (SSSR count). The van der Waals surface area contributed by atoms with Crippen LogP contribution in [0.1, 0.15) is 0 Å². The Labute approximate surface area is 75.2 Å². The molecule has 0 saturated heterocycles. The first-order valence-electron chi connectivity index (χ1n) is 3.33. The minimum atomic E-state index is -1.27. The van der Waals surface area contributed by atoms with Crippen LogP contribution in [0.25, 0.3) is 0 Å². The maximum Gasteiger partial charge on any atom is 0.106 e. The first kappa shape index (κ1) is 7.89. The molecule has 1 aromatic rings. The summed E-state index contributed by atoms with van der Waals surface area (Å²) in [4.78, 5) is 1.28. The molecule has 0 unspecified atom stereocenters. The summed E-state index contributed by atoms with van der Waals surface area (Å²) in [5.74, 6) is 0. The highest BCUT2D eigenvalue weighted by molar-refractivity contribution is 8.11. The molecule has 62 valence electrons. The lowest BCUT2D eigenvalue weighted by atomic mass is 10.4. The molecule has 0 radical (unpaired) electrons. The summed E-state index contributed by atoms with van der Waals surface area (Å²) < 4.78 is 23.2. The number of benzene rings is 1. The van der Waals surface area contributed by atoms with E-state index in [1.54, 1.807) is 24.3 Å². The SMILES string of the molecule is C=C1[S@](=O)c2ccccc2[S@]1=O. The Morgan fingerprint density at radius 2 is 1.42 bits per heavy atom. The van der Waals surface area contributed by atoms with Crippen LogP contribution in [0.15, 0.2) is 44.9 Å². The molecule has 1 aromatic carbocycles. The summed E-state index contributed by atoms with van der Waals surface area (Å²) in [6.07, 6.45) is 0. The molecule has 1 heterocycles. The van der Waals surface area contributed by atoms with E-state index in [9.17, 15) is 8.42 Å². The Morgan fingerprint density at radius 1 is 1.00 bits per heavy atom. The zero-order valence-electron chi connectivity index (χ0n) is 6.15. The van der Waals surface area contributed by atoms with Crippen molar-refractivity contribution in [1.29, 1.82) is 0 Å². The molecule has 0 fully saturated rings. The Morgan fingerprint density at radius 3 is 1.83 bits per heavy atom. The van der Waals surface area contributed by atoms with Gasteiger partial charge in [0.1, 0.15) is 4.24 Å². The first-order chi connectivity index (χ1) is 5.72. The highest BCUT2D eigenvalue weighted by Gasteiger charge is 2.28. The van der Waals surface area contributed by atoms with Crippen molar-refractivity contribution < 1.29 is 8.42 Å². The van der Waals surface area contributed by atoms with Crippen LogP contribution in [-0.2, 0) is 21.6 Å². The number of hydrogen-bond acceptors (Lipinski definition) is 2. The normalized spacial score (nSPS) is 27.2. The lowest BCUT2D eigenvalue weighted by Gasteiger charge is -1.90. The van der Waals surface area contributed by atoms with Crippen molar-refractivity contribution in [2.45, 2.75) is 9.79 Å². The maximum atomic E-state index is 11.4.